The van der Waals surface area contributed by atoms with Crippen molar-refractivity contribution in [2.75, 3.05) is 19.0 Å². The van der Waals surface area contributed by atoms with E-state index >= 15 is 4.39 Å². The molecule has 8 nitrogen and oxygen atoms in total. The first-order valence-electron chi connectivity index (χ1n) is 13.1. The summed E-state index contributed by atoms with van der Waals surface area (Å²) in [7, 11) is 1.59. The van der Waals surface area contributed by atoms with Crippen molar-refractivity contribution in [3.63, 3.8) is 0 Å². The van der Waals surface area contributed by atoms with Crippen LogP contribution in [0.3, 0.4) is 0 Å². The average molecular weight is 564 g/mol. The molecule has 5 atom stereocenters. The second-order valence-corrected chi connectivity index (χ2v) is 9.96. The number of hydrogen-bond acceptors (Lipinski definition) is 7. The largest absolute Gasteiger partial charge is 0.497 e. The molecule has 0 aliphatic carbocycles. The minimum absolute atomic E-state index is 0.177. The van der Waals surface area contributed by atoms with Crippen molar-refractivity contribution < 1.29 is 28.5 Å². The number of aromatic nitrogens is 2. The van der Waals surface area contributed by atoms with E-state index in [1.807, 2.05) is 84.9 Å². The fourth-order valence-electron chi connectivity index (χ4n) is 5.38. The van der Waals surface area contributed by atoms with Gasteiger partial charge in [-0.05, 0) is 41.8 Å². The van der Waals surface area contributed by atoms with E-state index in [0.29, 0.717) is 5.75 Å². The maximum atomic E-state index is 15.1. The number of aliphatic hydroxyl groups excluding tert-OH is 2. The van der Waals surface area contributed by atoms with Gasteiger partial charge in [0, 0.05) is 6.20 Å². The fourth-order valence-corrected chi connectivity index (χ4v) is 5.38. The van der Waals surface area contributed by atoms with Crippen LogP contribution in [0, 0.1) is 0 Å². The second-order valence-electron chi connectivity index (χ2n) is 9.96. The Labute approximate surface area is 235 Å². The molecule has 4 aromatic rings. The number of nitrogens with zero attached hydrogens (tertiary/aromatic N) is 2. The van der Waals surface area contributed by atoms with Gasteiger partial charge in [0.05, 0.1) is 13.7 Å². The third-order valence-corrected chi connectivity index (χ3v) is 7.69. The number of methoxy groups -OCH3 is 1. The number of hydrogen-bond donors (Lipinski definition) is 3. The summed E-state index contributed by atoms with van der Waals surface area (Å²) >= 11 is 0. The van der Waals surface area contributed by atoms with Gasteiger partial charge in [0.25, 0.3) is 0 Å². The zero-order chi connectivity index (χ0) is 29.2. The van der Waals surface area contributed by atoms with Crippen LogP contribution in [0.15, 0.2) is 102 Å². The fraction of sp³-hybridized carbons (Fsp3) is 0.290. The van der Waals surface area contributed by atoms with E-state index in [1.54, 1.807) is 7.11 Å². The molecule has 2 heterocycles. The highest BCUT2D eigenvalue weighted by molar-refractivity contribution is 5.58. The van der Waals surface area contributed by atoms with Gasteiger partial charge in [-0.3, -0.25) is 4.57 Å². The second kappa shape index (κ2) is 11.4. The number of rotatable bonds is 9. The number of nitrogens with one attached hydrogen (secondary N) is 1. The summed E-state index contributed by atoms with van der Waals surface area (Å²) in [4.78, 5) is 17.4. The van der Waals surface area contributed by atoms with Gasteiger partial charge in [-0.1, -0.05) is 72.8 Å². The van der Waals surface area contributed by atoms with Gasteiger partial charge in [-0.2, -0.15) is 4.98 Å². The number of benzene rings is 3. The first kappa shape index (κ1) is 28.4. The highest BCUT2D eigenvalue weighted by Gasteiger charge is 2.59. The molecule has 1 aliphatic rings. The summed E-state index contributed by atoms with van der Waals surface area (Å²) in [6.45, 7) is 0.0810. The van der Waals surface area contributed by atoms with Gasteiger partial charge in [-0.15, -0.1) is 0 Å². The smallest absolute Gasteiger partial charge is 0.351 e. The maximum absolute atomic E-state index is 15.1. The van der Waals surface area contributed by atoms with Crippen LogP contribution in [0.5, 0.6) is 5.75 Å². The molecular weight excluding hydrogens is 532 g/mol. The van der Waals surface area contributed by atoms with Crippen LogP contribution in [-0.4, -0.2) is 57.5 Å². The molecule has 1 fully saturated rings. The van der Waals surface area contributed by atoms with Gasteiger partial charge < -0.3 is 25.0 Å². The van der Waals surface area contributed by atoms with Crippen LogP contribution in [0.4, 0.5) is 14.6 Å². The lowest BCUT2D eigenvalue weighted by Gasteiger charge is -2.37. The number of anilines is 1. The van der Waals surface area contributed by atoms with Crippen LogP contribution in [0.1, 0.15) is 29.8 Å². The molecule has 10 heteroatoms. The summed E-state index contributed by atoms with van der Waals surface area (Å²) in [5.74, 6) is 0.849. The zero-order valence-electron chi connectivity index (χ0n) is 22.5. The summed E-state index contributed by atoms with van der Waals surface area (Å²) in [6, 6.07) is 28.3. The number of aliphatic hydroxyl groups is 2. The van der Waals surface area contributed by atoms with E-state index in [0.717, 1.165) is 28.2 Å². The first-order chi connectivity index (χ1) is 19.8. The average Bonchev–Trinajstić information content (AvgIpc) is 3.27. The first-order valence-corrected chi connectivity index (χ1v) is 13.1. The standard InChI is InChI=1S/C31H31F2N3O5/c1-20(32)30(19-37)27(38)26(33)28(41-30)36-18-17-25(34-29(36)39)35-31(21-9-5-3-6-10-21,22-11-7-4-8-12-22)23-13-15-24(40-2)16-14-23/h3-18,20,26-28,37-38H,19H2,1-2H3,(H,34,35,39)/t20?,26-,27+,28-,30+/m1/s1. The molecule has 1 unspecified atom stereocenters. The van der Waals surface area contributed by atoms with E-state index < -0.39 is 48.1 Å². The summed E-state index contributed by atoms with van der Waals surface area (Å²) in [6.07, 6.45) is -6.48. The Morgan fingerprint density at radius 3 is 2.05 bits per heavy atom. The monoisotopic (exact) mass is 563 g/mol. The number of halogens is 2. The Morgan fingerprint density at radius 2 is 1.59 bits per heavy atom. The van der Waals surface area contributed by atoms with Crippen molar-refractivity contribution >= 4 is 5.82 Å². The molecule has 1 aromatic heterocycles. The van der Waals surface area contributed by atoms with Gasteiger partial charge in [-0.25, -0.2) is 13.6 Å². The van der Waals surface area contributed by atoms with Crippen molar-refractivity contribution in [3.05, 3.63) is 124 Å². The molecule has 3 aromatic carbocycles. The predicted octanol–water partition coefficient (Wildman–Crippen LogP) is 3.97. The molecule has 0 bridgehead atoms. The van der Waals surface area contributed by atoms with E-state index in [9.17, 15) is 19.4 Å². The van der Waals surface area contributed by atoms with Crippen molar-refractivity contribution in [1.82, 2.24) is 9.55 Å². The third kappa shape index (κ3) is 4.88. The number of alkyl halides is 2. The van der Waals surface area contributed by atoms with E-state index in [2.05, 4.69) is 10.3 Å². The van der Waals surface area contributed by atoms with Crippen LogP contribution in [0.25, 0.3) is 0 Å². The van der Waals surface area contributed by atoms with Crippen molar-refractivity contribution in [3.8, 4) is 5.75 Å². The maximum Gasteiger partial charge on any atom is 0.351 e. The third-order valence-electron chi connectivity index (χ3n) is 7.69. The minimum atomic E-state index is -2.20. The molecule has 1 saturated heterocycles. The lowest BCUT2D eigenvalue weighted by Crippen LogP contribution is -2.52. The number of ether oxygens (including phenoxy) is 2. The molecule has 214 valence electrons. The molecule has 0 radical (unpaired) electrons. The molecule has 0 saturated carbocycles. The van der Waals surface area contributed by atoms with Crippen molar-refractivity contribution in [2.24, 2.45) is 0 Å². The minimum Gasteiger partial charge on any atom is -0.497 e. The molecular formula is C31H31F2N3O5. The topological polar surface area (TPSA) is 106 Å². The SMILES string of the molecule is COc1ccc(C(Nc2ccn([C@@H]3O[C@@](CO)(C(C)F)[C@@H](O)[C@H]3F)c(=O)n2)(c2ccccc2)c2ccccc2)cc1. The van der Waals surface area contributed by atoms with Gasteiger partial charge in [0.15, 0.2) is 18.0 Å². The molecule has 3 N–H and O–H groups in total. The molecule has 5 rings (SSSR count). The predicted molar refractivity (Wildman–Crippen MR) is 149 cm³/mol. The Morgan fingerprint density at radius 1 is 1.02 bits per heavy atom. The zero-order valence-corrected chi connectivity index (χ0v) is 22.5. The van der Waals surface area contributed by atoms with Gasteiger partial charge in [0.1, 0.15) is 29.4 Å². The molecule has 1 aliphatic heterocycles. The molecule has 0 amide bonds. The van der Waals surface area contributed by atoms with Crippen molar-refractivity contribution in [2.45, 2.75) is 42.7 Å². The van der Waals surface area contributed by atoms with Crippen LogP contribution in [0.2, 0.25) is 0 Å². The molecule has 0 spiro atoms. The normalized spacial score (nSPS) is 23.2. The van der Waals surface area contributed by atoms with Crippen LogP contribution in [-0.2, 0) is 10.3 Å². The van der Waals surface area contributed by atoms with E-state index in [1.165, 1.54) is 12.3 Å². The van der Waals surface area contributed by atoms with E-state index in [-0.39, 0.29) is 5.82 Å². The Kier molecular flexibility index (Phi) is 7.90. The molecule has 41 heavy (non-hydrogen) atoms. The highest BCUT2D eigenvalue weighted by atomic mass is 19.1. The quantitative estimate of drug-likeness (QED) is 0.265. The Balaban J connectivity index is 1.61. The lowest BCUT2D eigenvalue weighted by molar-refractivity contribution is -0.161. The summed E-state index contributed by atoms with van der Waals surface area (Å²) in [5, 5.41) is 23.5. The van der Waals surface area contributed by atoms with Gasteiger partial charge in [0.2, 0.25) is 0 Å². The summed E-state index contributed by atoms with van der Waals surface area (Å²) < 4.78 is 41.1. The Bertz CT molecular complexity index is 1480. The van der Waals surface area contributed by atoms with Gasteiger partial charge >= 0.3 is 5.69 Å². The summed E-state index contributed by atoms with van der Waals surface area (Å²) in [5.41, 5.74) is -1.56. The van der Waals surface area contributed by atoms with Crippen LogP contribution < -0.4 is 15.7 Å². The Hall–Kier alpha value is -4.12. The highest BCUT2D eigenvalue weighted by Crippen LogP contribution is 2.42. The lowest BCUT2D eigenvalue weighted by atomic mass is 9.77. The van der Waals surface area contributed by atoms with Crippen LogP contribution >= 0.6 is 0 Å². The van der Waals surface area contributed by atoms with Crippen molar-refractivity contribution in [1.29, 1.82) is 0 Å². The van der Waals surface area contributed by atoms with E-state index in [4.69, 9.17) is 9.47 Å².